The third-order valence-electron chi connectivity index (χ3n) is 5.27. The topological polar surface area (TPSA) is 88.9 Å². The van der Waals surface area contributed by atoms with E-state index in [1.54, 1.807) is 35.2 Å². The van der Waals surface area contributed by atoms with Crippen LogP contribution >= 0.6 is 0 Å². The van der Waals surface area contributed by atoms with Gasteiger partial charge in [0.2, 0.25) is 5.91 Å². The van der Waals surface area contributed by atoms with E-state index in [9.17, 15) is 14.4 Å². The number of carbonyl (C=O) groups is 2. The maximum absolute atomic E-state index is 12.8. The van der Waals surface area contributed by atoms with E-state index in [0.717, 1.165) is 24.1 Å². The van der Waals surface area contributed by atoms with Crippen molar-refractivity contribution in [2.75, 3.05) is 23.9 Å². The zero-order valence-electron chi connectivity index (χ0n) is 16.9. The van der Waals surface area contributed by atoms with Gasteiger partial charge in [-0.1, -0.05) is 18.2 Å². The molecule has 0 saturated carbocycles. The van der Waals surface area contributed by atoms with Crippen LogP contribution in [0.2, 0.25) is 0 Å². The summed E-state index contributed by atoms with van der Waals surface area (Å²) in [6, 6.07) is 12.0. The van der Waals surface area contributed by atoms with Gasteiger partial charge in [0.15, 0.2) is 11.3 Å². The van der Waals surface area contributed by atoms with Crippen molar-refractivity contribution in [2.45, 2.75) is 26.2 Å². The molecule has 1 saturated heterocycles. The summed E-state index contributed by atoms with van der Waals surface area (Å²) in [4.78, 5) is 39.2. The predicted octanol–water partition coefficient (Wildman–Crippen LogP) is 3.88. The molecule has 0 bridgehead atoms. The van der Waals surface area contributed by atoms with Crippen molar-refractivity contribution in [1.82, 2.24) is 0 Å². The minimum absolute atomic E-state index is 0.0805. The van der Waals surface area contributed by atoms with Gasteiger partial charge in [0.05, 0.1) is 7.11 Å². The number of fused-ring (bicyclic) bond motifs is 1. The van der Waals surface area contributed by atoms with Gasteiger partial charge in [-0.3, -0.25) is 9.59 Å². The van der Waals surface area contributed by atoms with E-state index >= 15 is 0 Å². The second-order valence-corrected chi connectivity index (χ2v) is 7.28. The maximum Gasteiger partial charge on any atom is 0.349 e. The van der Waals surface area contributed by atoms with Crippen LogP contribution in [0.5, 0.6) is 5.75 Å². The quantitative estimate of drug-likeness (QED) is 0.664. The summed E-state index contributed by atoms with van der Waals surface area (Å²) in [6.07, 6.45) is 2.37. The van der Waals surface area contributed by atoms with Gasteiger partial charge in [0, 0.05) is 29.7 Å². The van der Waals surface area contributed by atoms with Crippen LogP contribution in [0.25, 0.3) is 11.0 Å². The standard InChI is InChI=1S/C23H22N2O5/c1-14-9-10-16(13-18(14)25-11-4-3-8-20(25)26)24-22(27)17-12-15-6-5-7-19(29-2)21(15)30-23(17)28/h5-7,9-10,12-13H,3-4,8,11H2,1-2H3,(H,24,27). The molecule has 30 heavy (non-hydrogen) atoms. The molecule has 1 aliphatic heterocycles. The molecule has 0 atom stereocenters. The predicted molar refractivity (Wildman–Crippen MR) is 114 cm³/mol. The second kappa shape index (κ2) is 8.02. The first-order valence-electron chi connectivity index (χ1n) is 9.81. The molecule has 7 heteroatoms. The Morgan fingerprint density at radius 1 is 1.13 bits per heavy atom. The van der Waals surface area contributed by atoms with Crippen LogP contribution in [0.1, 0.15) is 35.2 Å². The SMILES string of the molecule is COc1cccc2cc(C(=O)Nc3ccc(C)c(N4CCCCC4=O)c3)c(=O)oc12. The van der Waals surface area contributed by atoms with Crippen molar-refractivity contribution in [3.05, 3.63) is 64.0 Å². The minimum atomic E-state index is -0.747. The van der Waals surface area contributed by atoms with Crippen LogP contribution in [-0.4, -0.2) is 25.5 Å². The fraction of sp³-hybridized carbons (Fsp3) is 0.261. The van der Waals surface area contributed by atoms with Crippen molar-refractivity contribution >= 4 is 34.2 Å². The lowest BCUT2D eigenvalue weighted by atomic mass is 10.1. The zero-order valence-corrected chi connectivity index (χ0v) is 16.9. The third-order valence-corrected chi connectivity index (χ3v) is 5.27. The number of para-hydroxylation sites is 1. The Morgan fingerprint density at radius 2 is 1.97 bits per heavy atom. The van der Waals surface area contributed by atoms with E-state index in [-0.39, 0.29) is 11.5 Å². The fourth-order valence-corrected chi connectivity index (χ4v) is 3.67. The number of methoxy groups -OCH3 is 1. The average Bonchev–Trinajstić information content (AvgIpc) is 2.74. The number of ether oxygens (including phenoxy) is 1. The number of aryl methyl sites for hydroxylation is 1. The number of piperidine rings is 1. The molecule has 0 radical (unpaired) electrons. The smallest absolute Gasteiger partial charge is 0.349 e. The summed E-state index contributed by atoms with van der Waals surface area (Å²) in [6.45, 7) is 2.58. The van der Waals surface area contributed by atoms with E-state index in [1.165, 1.54) is 13.2 Å². The number of nitrogens with zero attached hydrogens (tertiary/aromatic N) is 1. The first-order valence-corrected chi connectivity index (χ1v) is 9.81. The van der Waals surface area contributed by atoms with Crippen LogP contribution in [0.15, 0.2) is 51.7 Å². The molecule has 1 aromatic heterocycles. The largest absolute Gasteiger partial charge is 0.493 e. The van der Waals surface area contributed by atoms with Gasteiger partial charge >= 0.3 is 5.63 Å². The molecule has 2 amide bonds. The maximum atomic E-state index is 12.8. The lowest BCUT2D eigenvalue weighted by Gasteiger charge is -2.28. The van der Waals surface area contributed by atoms with E-state index in [0.29, 0.717) is 35.4 Å². The van der Waals surface area contributed by atoms with Gasteiger partial charge < -0.3 is 19.4 Å². The summed E-state index contributed by atoms with van der Waals surface area (Å²) in [5.74, 6) is -0.0730. The van der Waals surface area contributed by atoms with Gasteiger partial charge in [-0.25, -0.2) is 4.79 Å². The van der Waals surface area contributed by atoms with Crippen molar-refractivity contribution in [1.29, 1.82) is 0 Å². The van der Waals surface area contributed by atoms with Crippen LogP contribution in [0.3, 0.4) is 0 Å². The molecule has 154 valence electrons. The fourth-order valence-electron chi connectivity index (χ4n) is 3.67. The van der Waals surface area contributed by atoms with Crippen molar-refractivity contribution in [2.24, 2.45) is 0 Å². The first kappa shape index (κ1) is 19.7. The number of nitrogens with one attached hydrogen (secondary N) is 1. The van der Waals surface area contributed by atoms with Crippen molar-refractivity contribution < 1.29 is 18.7 Å². The van der Waals surface area contributed by atoms with Crippen molar-refractivity contribution in [3.8, 4) is 5.75 Å². The number of benzene rings is 2. The summed E-state index contributed by atoms with van der Waals surface area (Å²) >= 11 is 0. The summed E-state index contributed by atoms with van der Waals surface area (Å²) < 4.78 is 10.5. The number of anilines is 2. The van der Waals surface area contributed by atoms with Gasteiger partial charge in [-0.05, 0) is 49.6 Å². The molecular formula is C23H22N2O5. The molecule has 0 spiro atoms. The van der Waals surface area contributed by atoms with Gasteiger partial charge in [0.1, 0.15) is 5.56 Å². The molecule has 7 nitrogen and oxygen atoms in total. The highest BCUT2D eigenvalue weighted by Gasteiger charge is 2.22. The second-order valence-electron chi connectivity index (χ2n) is 7.28. The Bertz CT molecular complexity index is 1200. The molecule has 4 rings (SSSR count). The van der Waals surface area contributed by atoms with E-state index < -0.39 is 11.5 Å². The molecule has 1 fully saturated rings. The number of carbonyl (C=O) groups excluding carboxylic acids is 2. The number of hydrogen-bond donors (Lipinski definition) is 1. The highest BCUT2D eigenvalue weighted by Crippen LogP contribution is 2.28. The first-order chi connectivity index (χ1) is 14.5. The van der Waals surface area contributed by atoms with Crippen LogP contribution < -0.4 is 20.6 Å². The zero-order chi connectivity index (χ0) is 21.3. The molecule has 2 aromatic carbocycles. The Kier molecular flexibility index (Phi) is 5.27. The molecular weight excluding hydrogens is 384 g/mol. The van der Waals surface area contributed by atoms with Crippen molar-refractivity contribution in [3.63, 3.8) is 0 Å². The highest BCUT2D eigenvalue weighted by molar-refractivity contribution is 6.06. The Labute approximate surface area is 173 Å². The lowest BCUT2D eigenvalue weighted by molar-refractivity contribution is -0.119. The molecule has 0 unspecified atom stereocenters. The minimum Gasteiger partial charge on any atom is -0.493 e. The van der Waals surface area contributed by atoms with E-state index in [4.69, 9.17) is 9.15 Å². The average molecular weight is 406 g/mol. The van der Waals surface area contributed by atoms with Crippen LogP contribution in [0.4, 0.5) is 11.4 Å². The van der Waals surface area contributed by atoms with Crippen LogP contribution in [-0.2, 0) is 4.79 Å². The Balaban J connectivity index is 1.64. The Morgan fingerprint density at radius 3 is 2.73 bits per heavy atom. The lowest BCUT2D eigenvalue weighted by Crippen LogP contribution is -2.35. The molecule has 3 aromatic rings. The van der Waals surface area contributed by atoms with Gasteiger partial charge in [0.25, 0.3) is 5.91 Å². The molecule has 2 heterocycles. The number of amides is 2. The number of hydrogen-bond acceptors (Lipinski definition) is 5. The summed E-state index contributed by atoms with van der Waals surface area (Å²) in [5.41, 5.74) is 1.66. The molecule has 0 aliphatic carbocycles. The Hall–Kier alpha value is -3.61. The normalized spacial score (nSPS) is 14.1. The molecule has 1 aliphatic rings. The van der Waals surface area contributed by atoms with Crippen LogP contribution in [0, 0.1) is 6.92 Å². The third kappa shape index (κ3) is 3.66. The molecule has 1 N–H and O–H groups in total. The number of rotatable bonds is 4. The highest BCUT2D eigenvalue weighted by atomic mass is 16.5. The monoisotopic (exact) mass is 406 g/mol. The summed E-state index contributed by atoms with van der Waals surface area (Å²) in [5, 5.41) is 3.33. The van der Waals surface area contributed by atoms with Gasteiger partial charge in [-0.2, -0.15) is 0 Å². The van der Waals surface area contributed by atoms with Gasteiger partial charge in [-0.15, -0.1) is 0 Å². The van der Waals surface area contributed by atoms with E-state index in [2.05, 4.69) is 5.32 Å². The summed E-state index contributed by atoms with van der Waals surface area (Å²) in [7, 11) is 1.48. The van der Waals surface area contributed by atoms with E-state index in [1.807, 2.05) is 13.0 Å².